The van der Waals surface area contributed by atoms with E-state index < -0.39 is 0 Å². The van der Waals surface area contributed by atoms with E-state index >= 15 is 0 Å². The lowest BCUT2D eigenvalue weighted by Gasteiger charge is -2.23. The Labute approximate surface area is 163 Å². The van der Waals surface area contributed by atoms with Gasteiger partial charge in [0.15, 0.2) is 0 Å². The zero-order valence-electron chi connectivity index (χ0n) is 15.8. The summed E-state index contributed by atoms with van der Waals surface area (Å²) < 4.78 is 1.88. The Morgan fingerprint density at radius 1 is 1.37 bits per heavy atom. The lowest BCUT2D eigenvalue weighted by molar-refractivity contribution is 0.191. The van der Waals surface area contributed by atoms with E-state index in [1.54, 1.807) is 0 Å². The minimum Gasteiger partial charge on any atom is -0.357 e. The third-order valence-electron chi connectivity index (χ3n) is 5.30. The van der Waals surface area contributed by atoms with Gasteiger partial charge in [0.1, 0.15) is 0 Å². The summed E-state index contributed by atoms with van der Waals surface area (Å²) in [5, 5.41) is 9.28. The highest BCUT2D eigenvalue weighted by Crippen LogP contribution is 2.29. The molecule has 27 heavy (non-hydrogen) atoms. The molecular weight excluding hydrogens is 362 g/mol. The zero-order valence-corrected chi connectivity index (χ0v) is 16.6. The first-order valence-corrected chi connectivity index (χ1v) is 9.61. The van der Waals surface area contributed by atoms with Gasteiger partial charge < -0.3 is 15.2 Å². The van der Waals surface area contributed by atoms with Crippen LogP contribution < -0.4 is 5.32 Å². The van der Waals surface area contributed by atoms with E-state index in [4.69, 9.17) is 11.6 Å². The molecule has 7 heteroatoms. The predicted molar refractivity (Wildman–Crippen MR) is 107 cm³/mol. The first kappa shape index (κ1) is 17.9. The summed E-state index contributed by atoms with van der Waals surface area (Å²) in [5.74, 6) is 0. The number of urea groups is 1. The summed E-state index contributed by atoms with van der Waals surface area (Å²) in [7, 11) is 1.94. The van der Waals surface area contributed by atoms with E-state index in [1.165, 1.54) is 0 Å². The van der Waals surface area contributed by atoms with Crippen molar-refractivity contribution in [1.29, 1.82) is 0 Å². The van der Waals surface area contributed by atoms with Gasteiger partial charge in [-0.05, 0) is 51.0 Å². The summed E-state index contributed by atoms with van der Waals surface area (Å²) >= 11 is 6.05. The standard InChI is InChI=1S/C20H24ClN5O/c1-12-18(13(2)25(3)24-12)11-26(17-5-6-17)20(27)22-10-16-9-14-8-15(21)4-7-19(14)23-16/h4,7-9,17,23H,5-6,10-11H2,1-3H3,(H,22,27). The number of halogens is 1. The van der Waals surface area contributed by atoms with Crippen molar-refractivity contribution in [3.8, 4) is 0 Å². The van der Waals surface area contributed by atoms with Crippen LogP contribution in [0.15, 0.2) is 24.3 Å². The van der Waals surface area contributed by atoms with Crippen LogP contribution in [-0.2, 0) is 20.1 Å². The maximum Gasteiger partial charge on any atom is 0.318 e. The number of aromatic nitrogens is 3. The number of aryl methyl sites for hydroxylation is 2. The molecule has 0 atom stereocenters. The second kappa shape index (κ2) is 6.93. The molecule has 1 saturated carbocycles. The van der Waals surface area contributed by atoms with Gasteiger partial charge in [-0.25, -0.2) is 4.79 Å². The first-order chi connectivity index (χ1) is 12.9. The number of carbonyl (C=O) groups excluding carboxylic acids is 1. The molecule has 1 aliphatic rings. The monoisotopic (exact) mass is 385 g/mol. The highest BCUT2D eigenvalue weighted by Gasteiger charge is 2.33. The van der Waals surface area contributed by atoms with Crippen molar-refractivity contribution < 1.29 is 4.79 Å². The Bertz CT molecular complexity index is 1000. The molecule has 2 amide bonds. The molecule has 6 nitrogen and oxygen atoms in total. The van der Waals surface area contributed by atoms with Gasteiger partial charge in [0.25, 0.3) is 0 Å². The fourth-order valence-electron chi connectivity index (χ4n) is 3.50. The van der Waals surface area contributed by atoms with Crippen LogP contribution >= 0.6 is 11.6 Å². The van der Waals surface area contributed by atoms with E-state index in [2.05, 4.69) is 15.4 Å². The summed E-state index contributed by atoms with van der Waals surface area (Å²) in [4.78, 5) is 18.1. The summed E-state index contributed by atoms with van der Waals surface area (Å²) in [6.07, 6.45) is 2.13. The van der Waals surface area contributed by atoms with Crippen molar-refractivity contribution >= 4 is 28.5 Å². The topological polar surface area (TPSA) is 66.0 Å². The third-order valence-corrected chi connectivity index (χ3v) is 5.54. The zero-order chi connectivity index (χ0) is 19.1. The van der Waals surface area contributed by atoms with Crippen LogP contribution in [0.4, 0.5) is 4.79 Å². The predicted octanol–water partition coefficient (Wildman–Crippen LogP) is 4.05. The smallest absolute Gasteiger partial charge is 0.318 e. The van der Waals surface area contributed by atoms with Gasteiger partial charge in [-0.15, -0.1) is 0 Å². The highest BCUT2D eigenvalue weighted by atomic mass is 35.5. The molecule has 142 valence electrons. The van der Waals surface area contributed by atoms with E-state index in [0.717, 1.165) is 46.4 Å². The number of hydrogen-bond donors (Lipinski definition) is 2. The van der Waals surface area contributed by atoms with Crippen molar-refractivity contribution in [2.24, 2.45) is 7.05 Å². The maximum atomic E-state index is 12.9. The number of fused-ring (bicyclic) bond motifs is 1. The number of carbonyl (C=O) groups is 1. The molecule has 0 radical (unpaired) electrons. The Balaban J connectivity index is 1.46. The van der Waals surface area contributed by atoms with Gasteiger partial charge >= 0.3 is 6.03 Å². The van der Waals surface area contributed by atoms with Crippen LogP contribution in [0.3, 0.4) is 0 Å². The SMILES string of the molecule is Cc1nn(C)c(C)c1CN(C(=O)NCc1cc2cc(Cl)ccc2[nH]1)C1CC1. The number of aromatic amines is 1. The Morgan fingerprint density at radius 3 is 2.81 bits per heavy atom. The second-order valence-corrected chi connectivity index (χ2v) is 7.75. The van der Waals surface area contributed by atoms with E-state index in [-0.39, 0.29) is 6.03 Å². The molecule has 0 saturated heterocycles. The van der Waals surface area contributed by atoms with Gasteiger partial charge in [0.2, 0.25) is 0 Å². The minimum atomic E-state index is -0.0307. The molecule has 1 fully saturated rings. The molecule has 4 rings (SSSR count). The third kappa shape index (κ3) is 3.67. The van der Waals surface area contributed by atoms with Crippen LogP contribution in [-0.4, -0.2) is 31.7 Å². The number of nitrogens with one attached hydrogen (secondary N) is 2. The van der Waals surface area contributed by atoms with E-state index in [0.29, 0.717) is 24.2 Å². The number of benzene rings is 1. The molecule has 0 aliphatic heterocycles. The van der Waals surface area contributed by atoms with Crippen LogP contribution in [0.25, 0.3) is 10.9 Å². The molecule has 2 aromatic heterocycles. The average molecular weight is 386 g/mol. The number of rotatable bonds is 5. The van der Waals surface area contributed by atoms with Gasteiger partial charge in [-0.1, -0.05) is 11.6 Å². The maximum absolute atomic E-state index is 12.9. The number of hydrogen-bond acceptors (Lipinski definition) is 2. The number of amides is 2. The summed E-state index contributed by atoms with van der Waals surface area (Å²) in [6, 6.07) is 8.05. The van der Waals surface area contributed by atoms with E-state index in [9.17, 15) is 4.79 Å². The van der Waals surface area contributed by atoms with Crippen LogP contribution in [0.5, 0.6) is 0 Å². The summed E-state index contributed by atoms with van der Waals surface area (Å²) in [6.45, 7) is 5.11. The molecular formula is C20H24ClN5O. The fourth-order valence-corrected chi connectivity index (χ4v) is 3.68. The van der Waals surface area contributed by atoms with Crippen molar-refractivity contribution in [3.63, 3.8) is 0 Å². The highest BCUT2D eigenvalue weighted by molar-refractivity contribution is 6.31. The summed E-state index contributed by atoms with van der Waals surface area (Å²) in [5.41, 5.74) is 5.22. The van der Waals surface area contributed by atoms with Crippen LogP contribution in [0, 0.1) is 13.8 Å². The molecule has 3 aromatic rings. The minimum absolute atomic E-state index is 0.0307. The Morgan fingerprint density at radius 2 is 2.15 bits per heavy atom. The van der Waals surface area contributed by atoms with Gasteiger partial charge in [0.05, 0.1) is 18.8 Å². The molecule has 0 spiro atoms. The lowest BCUT2D eigenvalue weighted by Crippen LogP contribution is -2.40. The van der Waals surface area contributed by atoms with Crippen molar-refractivity contribution in [2.75, 3.05) is 0 Å². The Hall–Kier alpha value is -2.47. The molecule has 0 unspecified atom stereocenters. The van der Waals surface area contributed by atoms with Gasteiger partial charge in [0, 0.05) is 46.0 Å². The van der Waals surface area contributed by atoms with Crippen molar-refractivity contribution in [3.05, 3.63) is 51.9 Å². The quantitative estimate of drug-likeness (QED) is 0.695. The number of nitrogens with zero attached hydrogens (tertiary/aromatic N) is 3. The molecule has 2 heterocycles. The molecule has 2 N–H and O–H groups in total. The first-order valence-electron chi connectivity index (χ1n) is 9.23. The van der Waals surface area contributed by atoms with Crippen molar-refractivity contribution in [2.45, 2.75) is 45.8 Å². The molecule has 1 aromatic carbocycles. The van der Waals surface area contributed by atoms with Gasteiger partial charge in [-0.2, -0.15) is 5.10 Å². The lowest BCUT2D eigenvalue weighted by atomic mass is 10.2. The van der Waals surface area contributed by atoms with Gasteiger partial charge in [-0.3, -0.25) is 4.68 Å². The molecule has 1 aliphatic carbocycles. The largest absolute Gasteiger partial charge is 0.357 e. The Kier molecular flexibility index (Phi) is 4.60. The van der Waals surface area contributed by atoms with Crippen LogP contribution in [0.1, 0.15) is 35.5 Å². The van der Waals surface area contributed by atoms with E-state index in [1.807, 2.05) is 54.7 Å². The average Bonchev–Trinajstić information content (AvgIpc) is 3.33. The van der Waals surface area contributed by atoms with Crippen LogP contribution in [0.2, 0.25) is 5.02 Å². The molecule has 0 bridgehead atoms. The number of H-pyrrole nitrogens is 1. The second-order valence-electron chi connectivity index (χ2n) is 7.32. The normalized spacial score (nSPS) is 13.9. The van der Waals surface area contributed by atoms with Crippen molar-refractivity contribution in [1.82, 2.24) is 25.0 Å². The fraction of sp³-hybridized carbons (Fsp3) is 0.400.